The fourth-order valence-corrected chi connectivity index (χ4v) is 2.59. The van der Waals surface area contributed by atoms with Crippen LogP contribution in [0.25, 0.3) is 11.2 Å². The minimum absolute atomic E-state index is 0.563. The Balaban J connectivity index is 2.05. The molecular formula is C11H14N8S. The Morgan fingerprint density at radius 3 is 2.90 bits per heavy atom. The van der Waals surface area contributed by atoms with Gasteiger partial charge in [0, 0.05) is 13.6 Å². The van der Waals surface area contributed by atoms with Crippen LogP contribution in [-0.4, -0.2) is 41.2 Å². The highest BCUT2D eigenvalue weighted by Crippen LogP contribution is 2.29. The molecule has 0 fully saturated rings. The monoisotopic (exact) mass is 290 g/mol. The zero-order chi connectivity index (χ0) is 14.1. The van der Waals surface area contributed by atoms with Crippen molar-refractivity contribution in [3.8, 4) is 0 Å². The van der Waals surface area contributed by atoms with E-state index in [1.54, 1.807) is 6.33 Å². The molecule has 20 heavy (non-hydrogen) atoms. The highest BCUT2D eigenvalue weighted by molar-refractivity contribution is 7.99. The molecule has 0 amide bonds. The molecule has 0 atom stereocenters. The average Bonchev–Trinajstić information content (AvgIpc) is 3.01. The molecule has 3 heterocycles. The van der Waals surface area contributed by atoms with Crippen molar-refractivity contribution in [2.24, 2.45) is 7.05 Å². The summed E-state index contributed by atoms with van der Waals surface area (Å²) >= 11 is 1.44. The predicted octanol–water partition coefficient (Wildman–Crippen LogP) is 1.37. The second-order valence-electron chi connectivity index (χ2n) is 4.17. The lowest BCUT2D eigenvalue weighted by Gasteiger charge is -2.05. The molecular weight excluding hydrogens is 276 g/mol. The van der Waals surface area contributed by atoms with Crippen molar-refractivity contribution in [2.75, 3.05) is 11.9 Å². The minimum atomic E-state index is 0.563. The summed E-state index contributed by atoms with van der Waals surface area (Å²) in [4.78, 5) is 16.1. The van der Waals surface area contributed by atoms with Crippen LogP contribution in [0.15, 0.2) is 16.5 Å². The molecule has 0 aromatic carbocycles. The van der Waals surface area contributed by atoms with Gasteiger partial charge in [0.25, 0.3) is 0 Å². The van der Waals surface area contributed by atoms with E-state index in [0.29, 0.717) is 11.6 Å². The molecule has 0 aliphatic carbocycles. The van der Waals surface area contributed by atoms with Gasteiger partial charge in [-0.05, 0) is 25.6 Å². The summed E-state index contributed by atoms with van der Waals surface area (Å²) in [5.74, 6) is 1.42. The predicted molar refractivity (Wildman–Crippen MR) is 75.7 cm³/mol. The maximum Gasteiger partial charge on any atom is 0.225 e. The topological polar surface area (TPSA) is 97.2 Å². The normalized spacial score (nSPS) is 11.2. The molecule has 0 saturated carbocycles. The Hall–Kier alpha value is -2.16. The van der Waals surface area contributed by atoms with Gasteiger partial charge in [-0.2, -0.15) is 4.98 Å². The highest BCUT2D eigenvalue weighted by atomic mass is 32.2. The van der Waals surface area contributed by atoms with E-state index in [2.05, 4.69) is 35.5 Å². The van der Waals surface area contributed by atoms with E-state index in [0.717, 1.165) is 28.1 Å². The first-order valence-corrected chi connectivity index (χ1v) is 6.99. The van der Waals surface area contributed by atoms with Gasteiger partial charge < -0.3 is 14.9 Å². The van der Waals surface area contributed by atoms with Crippen molar-refractivity contribution >= 4 is 28.9 Å². The van der Waals surface area contributed by atoms with Crippen LogP contribution in [0.3, 0.4) is 0 Å². The van der Waals surface area contributed by atoms with E-state index >= 15 is 0 Å². The number of aromatic nitrogens is 7. The third-order valence-corrected chi connectivity index (χ3v) is 3.85. The fourth-order valence-electron chi connectivity index (χ4n) is 1.68. The first-order valence-electron chi connectivity index (χ1n) is 6.18. The Labute approximate surface area is 119 Å². The van der Waals surface area contributed by atoms with Crippen molar-refractivity contribution in [1.82, 2.24) is 34.7 Å². The van der Waals surface area contributed by atoms with Crippen molar-refractivity contribution < 1.29 is 0 Å². The fraction of sp³-hybridized carbons (Fsp3) is 0.364. The van der Waals surface area contributed by atoms with E-state index in [9.17, 15) is 0 Å². The second-order valence-corrected chi connectivity index (χ2v) is 5.13. The molecule has 2 N–H and O–H groups in total. The second kappa shape index (κ2) is 5.08. The number of nitrogens with zero attached hydrogens (tertiary/aromatic N) is 6. The van der Waals surface area contributed by atoms with Crippen molar-refractivity contribution in [1.29, 1.82) is 0 Å². The molecule has 3 rings (SSSR count). The summed E-state index contributed by atoms with van der Waals surface area (Å²) in [7, 11) is 1.92. The van der Waals surface area contributed by atoms with E-state index in [-0.39, 0.29) is 0 Å². The maximum atomic E-state index is 4.50. The van der Waals surface area contributed by atoms with Gasteiger partial charge in [-0.15, -0.1) is 10.2 Å². The van der Waals surface area contributed by atoms with Crippen LogP contribution in [0, 0.1) is 6.92 Å². The van der Waals surface area contributed by atoms with Crippen molar-refractivity contribution in [3.63, 3.8) is 0 Å². The SMILES string of the molecule is CCNc1nc(Sc2nnc(C)n2C)c2[nH]cnc2n1. The van der Waals surface area contributed by atoms with Crippen LogP contribution >= 0.6 is 11.8 Å². The van der Waals surface area contributed by atoms with E-state index < -0.39 is 0 Å². The first-order chi connectivity index (χ1) is 9.69. The summed E-state index contributed by atoms with van der Waals surface area (Å²) < 4.78 is 1.92. The Morgan fingerprint density at radius 1 is 1.35 bits per heavy atom. The lowest BCUT2D eigenvalue weighted by molar-refractivity contribution is 0.764. The quantitative estimate of drug-likeness (QED) is 0.700. The van der Waals surface area contributed by atoms with Crippen LogP contribution < -0.4 is 5.32 Å². The summed E-state index contributed by atoms with van der Waals surface area (Å²) in [5.41, 5.74) is 1.44. The summed E-state index contributed by atoms with van der Waals surface area (Å²) in [6.07, 6.45) is 1.61. The smallest absolute Gasteiger partial charge is 0.225 e. The molecule has 8 nitrogen and oxygen atoms in total. The summed E-state index contributed by atoms with van der Waals surface area (Å²) in [5, 5.41) is 12.8. The van der Waals surface area contributed by atoms with Crippen molar-refractivity contribution in [3.05, 3.63) is 12.2 Å². The van der Waals surface area contributed by atoms with Gasteiger partial charge in [0.2, 0.25) is 5.95 Å². The number of aromatic amines is 1. The van der Waals surface area contributed by atoms with Crippen molar-refractivity contribution in [2.45, 2.75) is 24.0 Å². The maximum absolute atomic E-state index is 4.50. The molecule has 0 bridgehead atoms. The Morgan fingerprint density at radius 2 is 2.20 bits per heavy atom. The van der Waals surface area contributed by atoms with Gasteiger partial charge in [-0.3, -0.25) is 0 Å². The molecule has 0 aliphatic rings. The molecule has 0 aliphatic heterocycles. The number of imidazole rings is 1. The van der Waals surface area contributed by atoms with Crippen LogP contribution in [0.2, 0.25) is 0 Å². The number of rotatable bonds is 4. The molecule has 3 aromatic rings. The van der Waals surface area contributed by atoms with Gasteiger partial charge in [0.05, 0.1) is 6.33 Å². The summed E-state index contributed by atoms with van der Waals surface area (Å²) in [6, 6.07) is 0. The number of nitrogens with one attached hydrogen (secondary N) is 2. The van der Waals surface area contributed by atoms with E-state index in [4.69, 9.17) is 0 Å². The number of hydrogen-bond donors (Lipinski definition) is 2. The van der Waals surface area contributed by atoms with Crippen LogP contribution in [0.1, 0.15) is 12.7 Å². The van der Waals surface area contributed by atoms with Gasteiger partial charge in [0.1, 0.15) is 16.4 Å². The molecule has 104 valence electrons. The number of H-pyrrole nitrogens is 1. The van der Waals surface area contributed by atoms with Crippen LogP contribution in [-0.2, 0) is 7.05 Å². The lowest BCUT2D eigenvalue weighted by Crippen LogP contribution is -2.03. The number of aryl methyl sites for hydroxylation is 1. The molecule has 0 spiro atoms. The number of anilines is 1. The average molecular weight is 290 g/mol. The zero-order valence-corrected chi connectivity index (χ0v) is 12.2. The molecule has 9 heteroatoms. The number of fused-ring (bicyclic) bond motifs is 1. The Kier molecular flexibility index (Phi) is 3.26. The van der Waals surface area contributed by atoms with Gasteiger partial charge >= 0.3 is 0 Å². The third-order valence-electron chi connectivity index (χ3n) is 2.83. The van der Waals surface area contributed by atoms with Gasteiger partial charge in [0.15, 0.2) is 10.8 Å². The van der Waals surface area contributed by atoms with Gasteiger partial charge in [-0.1, -0.05) is 0 Å². The largest absolute Gasteiger partial charge is 0.354 e. The number of hydrogen-bond acceptors (Lipinski definition) is 7. The summed E-state index contributed by atoms with van der Waals surface area (Å²) in [6.45, 7) is 4.66. The molecule has 0 unspecified atom stereocenters. The third kappa shape index (κ3) is 2.20. The van der Waals surface area contributed by atoms with Crippen LogP contribution in [0.5, 0.6) is 0 Å². The van der Waals surface area contributed by atoms with Gasteiger partial charge in [-0.25, -0.2) is 9.97 Å². The minimum Gasteiger partial charge on any atom is -0.354 e. The Bertz CT molecular complexity index is 746. The van der Waals surface area contributed by atoms with Crippen LogP contribution in [0.4, 0.5) is 5.95 Å². The van der Waals surface area contributed by atoms with E-state index in [1.165, 1.54) is 11.8 Å². The van der Waals surface area contributed by atoms with E-state index in [1.807, 2.05) is 25.5 Å². The standard InChI is InChI=1S/C11H14N8S/c1-4-12-10-15-8-7(13-5-14-8)9(16-10)20-11-18-17-6(2)19(11)3/h5H,4H2,1-3H3,(H2,12,13,14,15,16). The molecule has 0 saturated heterocycles. The molecule has 0 radical (unpaired) electrons. The highest BCUT2D eigenvalue weighted by Gasteiger charge is 2.14. The first kappa shape index (κ1) is 12.9. The lowest BCUT2D eigenvalue weighted by atomic mass is 10.5. The zero-order valence-electron chi connectivity index (χ0n) is 11.4. The molecule has 3 aromatic heterocycles.